The second-order valence-corrected chi connectivity index (χ2v) is 10.7. The lowest BCUT2D eigenvalue weighted by atomic mass is 9.66. The van der Waals surface area contributed by atoms with E-state index in [0.717, 1.165) is 29.8 Å². The number of halogens is 2. The zero-order valence-corrected chi connectivity index (χ0v) is 20.9. The SMILES string of the molecule is C[C@H](CO)Cn1ncc(-c2nccc([C@@]34CC[C@@H](c5cc(-c6c(F)cccc6F)nnc53)C4(C)C)n2)n1. The van der Waals surface area contributed by atoms with Gasteiger partial charge in [0, 0.05) is 18.7 Å². The van der Waals surface area contributed by atoms with Gasteiger partial charge in [0.15, 0.2) is 5.82 Å². The molecule has 10 heteroatoms. The normalized spacial score (nSPS) is 22.3. The van der Waals surface area contributed by atoms with Gasteiger partial charge in [0.2, 0.25) is 0 Å². The van der Waals surface area contributed by atoms with E-state index in [0.29, 0.717) is 18.1 Å². The molecule has 2 bridgehead atoms. The largest absolute Gasteiger partial charge is 0.396 e. The summed E-state index contributed by atoms with van der Waals surface area (Å²) in [7, 11) is 0. The fraction of sp³-hybridized carbons (Fsp3) is 0.407. The van der Waals surface area contributed by atoms with Crippen LogP contribution in [0.5, 0.6) is 0 Å². The third-order valence-electron chi connectivity index (χ3n) is 8.25. The lowest BCUT2D eigenvalue weighted by Crippen LogP contribution is -2.38. The number of nitrogens with zero attached hydrogens (tertiary/aromatic N) is 7. The molecule has 3 atom stereocenters. The Labute approximate surface area is 212 Å². The van der Waals surface area contributed by atoms with Crippen LogP contribution in [0.4, 0.5) is 8.78 Å². The molecule has 8 nitrogen and oxygen atoms in total. The number of aliphatic hydroxyl groups excluding tert-OH is 1. The molecule has 4 aromatic rings. The Balaban J connectivity index is 1.43. The molecule has 2 aliphatic rings. The second kappa shape index (κ2) is 8.44. The standard InChI is InChI=1S/C27H27F2N7O/c1-15(14-37)13-36-31-12-21(35-36)25-30-10-8-22(32-25)27-9-7-17(26(27,2)3)16-11-20(33-34-24(16)27)23-18(28)5-4-6-19(23)29/h4-6,8,10-12,15,17,37H,7,9,13-14H2,1-3H3/t15-,17-,27-/m0/s1. The van der Waals surface area contributed by atoms with Gasteiger partial charge < -0.3 is 5.11 Å². The average Bonchev–Trinajstić information content (AvgIpc) is 3.51. The van der Waals surface area contributed by atoms with Crippen molar-refractivity contribution in [2.75, 3.05) is 6.61 Å². The highest BCUT2D eigenvalue weighted by Gasteiger charge is 2.65. The summed E-state index contributed by atoms with van der Waals surface area (Å²) in [5, 5.41) is 27.0. The van der Waals surface area contributed by atoms with E-state index in [-0.39, 0.29) is 35.1 Å². The van der Waals surface area contributed by atoms with Crippen LogP contribution in [0.1, 0.15) is 56.5 Å². The number of hydrogen-bond acceptors (Lipinski definition) is 7. The highest BCUT2D eigenvalue weighted by atomic mass is 19.1. The number of benzene rings is 1. The summed E-state index contributed by atoms with van der Waals surface area (Å²) in [6, 6.07) is 7.51. The Hall–Kier alpha value is -3.66. The first-order valence-electron chi connectivity index (χ1n) is 12.4. The van der Waals surface area contributed by atoms with Crippen LogP contribution >= 0.6 is 0 Å². The Morgan fingerprint density at radius 3 is 2.68 bits per heavy atom. The number of aromatic nitrogens is 7. The van der Waals surface area contributed by atoms with Crippen molar-refractivity contribution in [2.24, 2.45) is 11.3 Å². The van der Waals surface area contributed by atoms with Crippen molar-refractivity contribution in [1.82, 2.24) is 35.2 Å². The Bertz CT molecular complexity index is 1480. The number of rotatable bonds is 6. The van der Waals surface area contributed by atoms with Crippen LogP contribution in [-0.4, -0.2) is 46.9 Å². The molecular weight excluding hydrogens is 476 g/mol. The van der Waals surface area contributed by atoms with E-state index in [1.807, 2.05) is 13.0 Å². The summed E-state index contributed by atoms with van der Waals surface area (Å²) in [4.78, 5) is 10.9. The van der Waals surface area contributed by atoms with Gasteiger partial charge in [-0.2, -0.15) is 15.0 Å². The zero-order valence-electron chi connectivity index (χ0n) is 20.9. The summed E-state index contributed by atoms with van der Waals surface area (Å²) >= 11 is 0. The molecule has 37 heavy (non-hydrogen) atoms. The summed E-state index contributed by atoms with van der Waals surface area (Å²) in [6.45, 7) is 6.85. The molecule has 3 heterocycles. The topological polar surface area (TPSA) is 102 Å². The van der Waals surface area contributed by atoms with Crippen molar-refractivity contribution in [3.8, 4) is 22.8 Å². The lowest BCUT2D eigenvalue weighted by molar-refractivity contribution is 0.214. The van der Waals surface area contributed by atoms with Crippen LogP contribution in [0.2, 0.25) is 0 Å². The molecule has 0 amide bonds. The van der Waals surface area contributed by atoms with Crippen molar-refractivity contribution in [1.29, 1.82) is 0 Å². The van der Waals surface area contributed by atoms with Crippen molar-refractivity contribution in [3.63, 3.8) is 0 Å². The van der Waals surface area contributed by atoms with Gasteiger partial charge in [-0.1, -0.05) is 26.8 Å². The molecule has 1 N–H and O–H groups in total. The molecular formula is C27H27F2N7O. The minimum absolute atomic E-state index is 0.0268. The molecule has 3 aromatic heterocycles. The molecule has 0 aliphatic heterocycles. The predicted molar refractivity (Wildman–Crippen MR) is 131 cm³/mol. The van der Waals surface area contributed by atoms with Crippen LogP contribution in [-0.2, 0) is 12.0 Å². The Morgan fingerprint density at radius 2 is 1.92 bits per heavy atom. The van der Waals surface area contributed by atoms with Gasteiger partial charge in [-0.25, -0.2) is 18.7 Å². The maximum Gasteiger partial charge on any atom is 0.181 e. The summed E-state index contributed by atoms with van der Waals surface area (Å²) < 4.78 is 29.0. The molecule has 190 valence electrons. The molecule has 1 fully saturated rings. The summed E-state index contributed by atoms with van der Waals surface area (Å²) in [6.07, 6.45) is 5.08. The van der Waals surface area contributed by atoms with Gasteiger partial charge >= 0.3 is 0 Å². The minimum Gasteiger partial charge on any atom is -0.396 e. The maximum atomic E-state index is 14.5. The van der Waals surface area contributed by atoms with Gasteiger partial charge in [0.1, 0.15) is 17.3 Å². The van der Waals surface area contributed by atoms with Gasteiger partial charge in [-0.05, 0) is 54.0 Å². The summed E-state index contributed by atoms with van der Waals surface area (Å²) in [5.74, 6) is -0.688. The quantitative estimate of drug-likeness (QED) is 0.418. The number of aliphatic hydroxyl groups is 1. The summed E-state index contributed by atoms with van der Waals surface area (Å²) in [5.41, 5.74) is 2.40. The molecule has 1 aromatic carbocycles. The van der Waals surface area contributed by atoms with E-state index in [1.54, 1.807) is 23.3 Å². The minimum atomic E-state index is -0.659. The number of fused-ring (bicyclic) bond motifs is 5. The Kier molecular flexibility index (Phi) is 5.41. The van der Waals surface area contributed by atoms with Gasteiger partial charge in [-0.15, -0.1) is 10.2 Å². The van der Waals surface area contributed by atoms with E-state index in [9.17, 15) is 13.9 Å². The first-order valence-corrected chi connectivity index (χ1v) is 12.4. The van der Waals surface area contributed by atoms with Gasteiger partial charge in [0.05, 0.1) is 40.8 Å². The van der Waals surface area contributed by atoms with Crippen molar-refractivity contribution in [3.05, 3.63) is 71.3 Å². The molecule has 0 unspecified atom stereocenters. The van der Waals surface area contributed by atoms with Crippen molar-refractivity contribution < 1.29 is 13.9 Å². The van der Waals surface area contributed by atoms with Crippen LogP contribution in [0.25, 0.3) is 22.8 Å². The third kappa shape index (κ3) is 3.42. The van der Waals surface area contributed by atoms with Crippen LogP contribution in [0.15, 0.2) is 42.7 Å². The average molecular weight is 504 g/mol. The van der Waals surface area contributed by atoms with Gasteiger partial charge in [0.25, 0.3) is 0 Å². The van der Waals surface area contributed by atoms with E-state index in [1.165, 1.54) is 18.2 Å². The van der Waals surface area contributed by atoms with Crippen LogP contribution in [0.3, 0.4) is 0 Å². The smallest absolute Gasteiger partial charge is 0.181 e. The lowest BCUT2D eigenvalue weighted by Gasteiger charge is -2.37. The molecule has 6 rings (SSSR count). The molecule has 0 spiro atoms. The highest BCUT2D eigenvalue weighted by Crippen LogP contribution is 2.69. The first kappa shape index (κ1) is 23.7. The van der Waals surface area contributed by atoms with E-state index < -0.39 is 17.0 Å². The van der Waals surface area contributed by atoms with E-state index >= 15 is 0 Å². The molecule has 0 radical (unpaired) electrons. The van der Waals surface area contributed by atoms with Crippen molar-refractivity contribution in [2.45, 2.75) is 51.5 Å². The predicted octanol–water partition coefficient (Wildman–Crippen LogP) is 4.30. The zero-order chi connectivity index (χ0) is 25.9. The van der Waals surface area contributed by atoms with E-state index in [4.69, 9.17) is 4.98 Å². The third-order valence-corrected chi connectivity index (χ3v) is 8.25. The number of hydrogen-bond donors (Lipinski definition) is 1. The van der Waals surface area contributed by atoms with Crippen molar-refractivity contribution >= 4 is 0 Å². The maximum absolute atomic E-state index is 14.5. The second-order valence-electron chi connectivity index (χ2n) is 10.7. The first-order chi connectivity index (χ1) is 17.8. The molecule has 2 aliphatic carbocycles. The van der Waals surface area contributed by atoms with Gasteiger partial charge in [-0.3, -0.25) is 0 Å². The monoisotopic (exact) mass is 503 g/mol. The fourth-order valence-corrected chi connectivity index (χ4v) is 6.30. The van der Waals surface area contributed by atoms with E-state index in [2.05, 4.69) is 39.2 Å². The van der Waals surface area contributed by atoms with Crippen LogP contribution in [0, 0.1) is 23.0 Å². The Morgan fingerprint density at radius 1 is 1.14 bits per heavy atom. The molecule has 1 saturated carbocycles. The molecule has 0 saturated heterocycles. The highest BCUT2D eigenvalue weighted by molar-refractivity contribution is 5.64. The van der Waals surface area contributed by atoms with Crippen LogP contribution < -0.4 is 0 Å². The fourth-order valence-electron chi connectivity index (χ4n) is 6.30.